The first kappa shape index (κ1) is 9.91. The van der Waals surface area contributed by atoms with E-state index >= 15 is 0 Å². The summed E-state index contributed by atoms with van der Waals surface area (Å²) in [4.78, 5) is 11.8. The van der Waals surface area contributed by atoms with Gasteiger partial charge in [-0.25, -0.2) is 0 Å². The van der Waals surface area contributed by atoms with Crippen molar-refractivity contribution in [3.05, 3.63) is 11.1 Å². The molecular weight excluding hydrogens is 176 g/mol. The Labute approximate surface area is 85.0 Å². The monoisotopic (exact) mass is 194 g/mol. The van der Waals surface area contributed by atoms with Gasteiger partial charge in [-0.2, -0.15) is 0 Å². The fourth-order valence-electron chi connectivity index (χ4n) is 3.01. The number of aliphatic hydroxyl groups excluding tert-OH is 1. The lowest BCUT2D eigenvalue weighted by molar-refractivity contribution is -0.118. The summed E-state index contributed by atoms with van der Waals surface area (Å²) in [5.74, 6) is 0.273. The number of hydrogen-bond acceptors (Lipinski definition) is 2. The molecule has 0 radical (unpaired) electrons. The van der Waals surface area contributed by atoms with Crippen LogP contribution in [0.2, 0.25) is 0 Å². The minimum absolute atomic E-state index is 0.0681. The molecule has 0 aromatic rings. The summed E-state index contributed by atoms with van der Waals surface area (Å²) < 4.78 is 0. The topological polar surface area (TPSA) is 37.3 Å². The normalized spacial score (nSPS) is 38.5. The molecule has 2 heteroatoms. The first-order valence-corrected chi connectivity index (χ1v) is 5.47. The van der Waals surface area contributed by atoms with E-state index in [-0.39, 0.29) is 17.3 Å². The van der Waals surface area contributed by atoms with Crippen molar-refractivity contribution in [3.8, 4) is 0 Å². The highest BCUT2D eigenvalue weighted by molar-refractivity contribution is 5.98. The summed E-state index contributed by atoms with van der Waals surface area (Å²) in [6.07, 6.45) is 4.21. The van der Waals surface area contributed by atoms with E-state index in [9.17, 15) is 9.90 Å². The Morgan fingerprint density at radius 2 is 2.14 bits per heavy atom. The molecule has 0 heterocycles. The average Bonchev–Trinajstić information content (AvgIpc) is 2.12. The molecule has 1 fully saturated rings. The van der Waals surface area contributed by atoms with E-state index in [1.54, 1.807) is 0 Å². The molecule has 78 valence electrons. The lowest BCUT2D eigenvalue weighted by atomic mass is 9.63. The molecule has 0 aliphatic heterocycles. The molecule has 2 aliphatic carbocycles. The van der Waals surface area contributed by atoms with E-state index in [2.05, 4.69) is 6.92 Å². The zero-order chi connectivity index (χ0) is 10.3. The second kappa shape index (κ2) is 3.20. The van der Waals surface area contributed by atoms with Gasteiger partial charge in [0, 0.05) is 12.0 Å². The van der Waals surface area contributed by atoms with Crippen molar-refractivity contribution in [2.24, 2.45) is 5.41 Å². The largest absolute Gasteiger partial charge is 0.389 e. The van der Waals surface area contributed by atoms with Crippen molar-refractivity contribution in [3.63, 3.8) is 0 Å². The molecule has 0 amide bonds. The van der Waals surface area contributed by atoms with Gasteiger partial charge in [0.15, 0.2) is 5.78 Å². The van der Waals surface area contributed by atoms with E-state index in [0.29, 0.717) is 6.42 Å². The van der Waals surface area contributed by atoms with Gasteiger partial charge in [0.1, 0.15) is 0 Å². The minimum atomic E-state index is -0.375. The van der Waals surface area contributed by atoms with E-state index < -0.39 is 0 Å². The molecule has 0 spiro atoms. The Bertz CT molecular complexity index is 303. The van der Waals surface area contributed by atoms with Gasteiger partial charge in [0.05, 0.1) is 6.10 Å². The number of Topliss-reactive ketones (excluding diaryl/α,β-unsaturated/α-hetero) is 1. The van der Waals surface area contributed by atoms with Crippen LogP contribution in [0.15, 0.2) is 11.1 Å². The second-order valence-electron chi connectivity index (χ2n) is 4.95. The second-order valence-corrected chi connectivity index (χ2v) is 4.95. The molecule has 0 unspecified atom stereocenters. The first-order valence-electron chi connectivity index (χ1n) is 5.47. The zero-order valence-corrected chi connectivity index (χ0v) is 8.97. The summed E-state index contributed by atoms with van der Waals surface area (Å²) in [5.41, 5.74) is 1.95. The zero-order valence-electron chi connectivity index (χ0n) is 8.97. The number of hydrogen-bond donors (Lipinski definition) is 1. The Morgan fingerprint density at radius 3 is 2.86 bits per heavy atom. The van der Waals surface area contributed by atoms with Crippen LogP contribution in [0.1, 0.15) is 46.0 Å². The molecule has 0 bridgehead atoms. The number of carbonyl (C=O) groups excluding carboxylic acids is 1. The van der Waals surface area contributed by atoms with Crippen LogP contribution in [-0.2, 0) is 4.79 Å². The quantitative estimate of drug-likeness (QED) is 0.642. The molecule has 1 saturated carbocycles. The summed E-state index contributed by atoms with van der Waals surface area (Å²) >= 11 is 0. The van der Waals surface area contributed by atoms with E-state index in [1.165, 1.54) is 0 Å². The van der Waals surface area contributed by atoms with Crippen LogP contribution in [0, 0.1) is 5.41 Å². The van der Waals surface area contributed by atoms with Crippen molar-refractivity contribution in [2.75, 3.05) is 0 Å². The Hall–Kier alpha value is -0.630. The number of ketones is 1. The maximum atomic E-state index is 11.8. The van der Waals surface area contributed by atoms with Crippen LogP contribution < -0.4 is 0 Å². The van der Waals surface area contributed by atoms with Crippen molar-refractivity contribution < 1.29 is 9.90 Å². The molecule has 2 nitrogen and oxygen atoms in total. The summed E-state index contributed by atoms with van der Waals surface area (Å²) in [6, 6.07) is 0. The van der Waals surface area contributed by atoms with E-state index in [1.807, 2.05) is 6.92 Å². The van der Waals surface area contributed by atoms with Crippen LogP contribution in [0.4, 0.5) is 0 Å². The molecule has 1 N–H and O–H groups in total. The van der Waals surface area contributed by atoms with Crippen LogP contribution in [0.3, 0.4) is 0 Å². The molecule has 0 aromatic heterocycles. The minimum Gasteiger partial charge on any atom is -0.389 e. The summed E-state index contributed by atoms with van der Waals surface area (Å²) in [5, 5.41) is 9.74. The van der Waals surface area contributed by atoms with E-state index in [0.717, 1.165) is 36.8 Å². The molecular formula is C12H18O2. The summed E-state index contributed by atoms with van der Waals surface area (Å²) in [6.45, 7) is 4.09. The van der Waals surface area contributed by atoms with Crippen LogP contribution in [-0.4, -0.2) is 17.0 Å². The Morgan fingerprint density at radius 1 is 1.43 bits per heavy atom. The third-order valence-corrected chi connectivity index (χ3v) is 3.88. The van der Waals surface area contributed by atoms with Crippen LogP contribution in [0.5, 0.6) is 0 Å². The highest BCUT2D eigenvalue weighted by Gasteiger charge is 2.41. The number of allylic oxidation sites excluding steroid dienone is 1. The third-order valence-electron chi connectivity index (χ3n) is 3.88. The van der Waals surface area contributed by atoms with Gasteiger partial charge < -0.3 is 5.11 Å². The maximum absolute atomic E-state index is 11.8. The molecule has 0 aromatic carbocycles. The summed E-state index contributed by atoms with van der Waals surface area (Å²) in [7, 11) is 0. The van der Waals surface area contributed by atoms with Gasteiger partial charge in [0.2, 0.25) is 0 Å². The van der Waals surface area contributed by atoms with Gasteiger partial charge in [-0.15, -0.1) is 0 Å². The fraction of sp³-hybridized carbons (Fsp3) is 0.750. The van der Waals surface area contributed by atoms with Crippen molar-refractivity contribution in [1.82, 2.24) is 0 Å². The lowest BCUT2D eigenvalue weighted by Gasteiger charge is -2.41. The van der Waals surface area contributed by atoms with Crippen molar-refractivity contribution >= 4 is 5.78 Å². The molecule has 14 heavy (non-hydrogen) atoms. The maximum Gasteiger partial charge on any atom is 0.159 e. The van der Waals surface area contributed by atoms with Crippen molar-refractivity contribution in [2.45, 2.75) is 52.1 Å². The lowest BCUT2D eigenvalue weighted by Crippen LogP contribution is -2.36. The standard InChI is InChI=1S/C12H18O2/c1-8-9(13)5-7-12(2)6-3-4-10(14)11(8)12/h9,13H,3-7H2,1-2H3/t9-,12+/m0/s1. The number of aliphatic hydroxyl groups is 1. The van der Waals surface area contributed by atoms with E-state index in [4.69, 9.17) is 0 Å². The predicted molar refractivity (Wildman–Crippen MR) is 54.9 cm³/mol. The number of fused-ring (bicyclic) bond motifs is 1. The van der Waals surface area contributed by atoms with Crippen LogP contribution >= 0.6 is 0 Å². The fourth-order valence-corrected chi connectivity index (χ4v) is 3.01. The molecule has 2 rings (SSSR count). The average molecular weight is 194 g/mol. The smallest absolute Gasteiger partial charge is 0.159 e. The van der Waals surface area contributed by atoms with Gasteiger partial charge >= 0.3 is 0 Å². The Balaban J connectivity index is 2.47. The van der Waals surface area contributed by atoms with Gasteiger partial charge in [-0.05, 0) is 43.6 Å². The third kappa shape index (κ3) is 1.33. The first-order chi connectivity index (χ1) is 6.54. The Kier molecular flexibility index (Phi) is 2.26. The molecule has 0 saturated heterocycles. The molecule has 2 aliphatic rings. The van der Waals surface area contributed by atoms with Crippen LogP contribution in [0.25, 0.3) is 0 Å². The predicted octanol–water partition coefficient (Wildman–Crippen LogP) is 2.22. The van der Waals surface area contributed by atoms with Gasteiger partial charge in [0.25, 0.3) is 0 Å². The highest BCUT2D eigenvalue weighted by Crippen LogP contribution is 2.47. The highest BCUT2D eigenvalue weighted by atomic mass is 16.3. The van der Waals surface area contributed by atoms with Gasteiger partial charge in [-0.3, -0.25) is 4.79 Å². The molecule has 2 atom stereocenters. The number of rotatable bonds is 0. The van der Waals surface area contributed by atoms with Gasteiger partial charge in [-0.1, -0.05) is 6.92 Å². The SMILES string of the molecule is CC1=C2C(=O)CCC[C@]2(C)CC[C@@H]1O. The number of carbonyl (C=O) groups is 1. The van der Waals surface area contributed by atoms with Crippen molar-refractivity contribution in [1.29, 1.82) is 0 Å².